The molecule has 1 saturated carbocycles. The van der Waals surface area contributed by atoms with Crippen molar-refractivity contribution in [2.45, 2.75) is 43.0 Å². The first-order valence-corrected chi connectivity index (χ1v) is 12.3. The number of carbonyl (C=O) groups excluding carboxylic acids is 1. The Balaban J connectivity index is 1.50. The lowest BCUT2D eigenvalue weighted by atomic mass is 9.81. The molecule has 0 spiro atoms. The van der Waals surface area contributed by atoms with E-state index in [0.717, 1.165) is 10.8 Å². The zero-order valence-corrected chi connectivity index (χ0v) is 18.9. The fourth-order valence-electron chi connectivity index (χ4n) is 4.10. The highest BCUT2D eigenvalue weighted by Gasteiger charge is 2.29. The molecule has 3 N–H and O–H groups in total. The van der Waals surface area contributed by atoms with Crippen LogP contribution in [0.1, 0.15) is 32.1 Å². The summed E-state index contributed by atoms with van der Waals surface area (Å²) in [7, 11) is -3.64. The summed E-state index contributed by atoms with van der Waals surface area (Å²) in [6.07, 6.45) is 2.19. The molecular formula is C22H27N5O5S. The van der Waals surface area contributed by atoms with Gasteiger partial charge in [-0.3, -0.25) is 9.59 Å². The second kappa shape index (κ2) is 11.1. The van der Waals surface area contributed by atoms with Crippen LogP contribution in [0.5, 0.6) is 0 Å². The van der Waals surface area contributed by atoms with Crippen LogP contribution >= 0.6 is 0 Å². The van der Waals surface area contributed by atoms with Crippen LogP contribution in [0.4, 0.5) is 0 Å². The number of rotatable bonds is 10. The van der Waals surface area contributed by atoms with Gasteiger partial charge in [-0.15, -0.1) is 0 Å². The Kier molecular flexibility index (Phi) is 8.26. The predicted molar refractivity (Wildman–Crippen MR) is 123 cm³/mol. The molecule has 3 rings (SSSR count). The topological polar surface area (TPSA) is 161 Å². The molecule has 0 unspecified atom stereocenters. The molecule has 33 heavy (non-hydrogen) atoms. The number of sulfonamides is 1. The molecule has 1 atom stereocenters. The van der Waals surface area contributed by atoms with Gasteiger partial charge < -0.3 is 10.4 Å². The molecule has 1 amide bonds. The number of benzene rings is 2. The second-order valence-corrected chi connectivity index (χ2v) is 10.1. The molecule has 2 aromatic carbocycles. The summed E-state index contributed by atoms with van der Waals surface area (Å²) in [5.74, 6) is -1.51. The SMILES string of the molecule is [N-]=[N+]=NC[C@H](CC(=O)O)NC(=O)C1CCC(CNS(=O)(=O)c2ccc3ccccc3c2)CC1. The van der Waals surface area contributed by atoms with Gasteiger partial charge in [0.2, 0.25) is 15.9 Å². The number of nitrogens with one attached hydrogen (secondary N) is 2. The summed E-state index contributed by atoms with van der Waals surface area (Å²) in [6.45, 7) is 0.169. The Morgan fingerprint density at radius 2 is 1.82 bits per heavy atom. The Morgan fingerprint density at radius 3 is 2.48 bits per heavy atom. The largest absolute Gasteiger partial charge is 0.481 e. The average molecular weight is 474 g/mol. The molecule has 10 nitrogen and oxygen atoms in total. The van der Waals surface area contributed by atoms with E-state index in [1.165, 1.54) is 0 Å². The molecule has 1 aliphatic rings. The number of aliphatic carboxylic acids is 1. The van der Waals surface area contributed by atoms with Crippen LogP contribution in [0, 0.1) is 11.8 Å². The average Bonchev–Trinajstić information content (AvgIpc) is 2.81. The maximum absolute atomic E-state index is 12.7. The number of nitrogens with zero attached hydrogens (tertiary/aromatic N) is 3. The summed E-state index contributed by atoms with van der Waals surface area (Å²) < 4.78 is 28.1. The van der Waals surface area contributed by atoms with E-state index in [4.69, 9.17) is 10.6 Å². The van der Waals surface area contributed by atoms with E-state index in [0.29, 0.717) is 32.2 Å². The Bertz CT molecular complexity index is 1150. The van der Waals surface area contributed by atoms with Crippen molar-refractivity contribution in [2.24, 2.45) is 17.0 Å². The molecule has 0 bridgehead atoms. The van der Waals surface area contributed by atoms with Crippen molar-refractivity contribution in [1.29, 1.82) is 0 Å². The maximum atomic E-state index is 12.7. The molecule has 1 fully saturated rings. The van der Waals surface area contributed by atoms with Gasteiger partial charge in [-0.1, -0.05) is 35.4 Å². The normalized spacial score (nSPS) is 19.4. The van der Waals surface area contributed by atoms with E-state index in [9.17, 15) is 18.0 Å². The first-order chi connectivity index (χ1) is 15.8. The molecule has 2 aromatic rings. The van der Waals surface area contributed by atoms with Gasteiger partial charge >= 0.3 is 5.97 Å². The number of hydrogen-bond donors (Lipinski definition) is 3. The van der Waals surface area contributed by atoms with E-state index in [2.05, 4.69) is 20.1 Å². The summed E-state index contributed by atoms with van der Waals surface area (Å²) in [6, 6.07) is 11.8. The number of fused-ring (bicyclic) bond motifs is 1. The van der Waals surface area contributed by atoms with Crippen LogP contribution in [0.3, 0.4) is 0 Å². The summed E-state index contributed by atoms with van der Waals surface area (Å²) in [4.78, 5) is 26.3. The number of carboxylic acids is 1. The van der Waals surface area contributed by atoms with Crippen molar-refractivity contribution in [3.05, 3.63) is 52.9 Å². The highest BCUT2D eigenvalue weighted by atomic mass is 32.2. The monoisotopic (exact) mass is 473 g/mol. The van der Waals surface area contributed by atoms with Gasteiger partial charge in [0.1, 0.15) is 0 Å². The van der Waals surface area contributed by atoms with Gasteiger partial charge in [-0.2, -0.15) is 0 Å². The van der Waals surface area contributed by atoms with Crippen molar-refractivity contribution in [3.63, 3.8) is 0 Å². The van der Waals surface area contributed by atoms with Gasteiger partial charge in [0, 0.05) is 30.0 Å². The molecule has 11 heteroatoms. The van der Waals surface area contributed by atoms with E-state index in [1.807, 2.05) is 24.3 Å². The molecular weight excluding hydrogens is 446 g/mol. The number of azide groups is 1. The van der Waals surface area contributed by atoms with Crippen LogP contribution in [-0.4, -0.2) is 44.5 Å². The molecule has 176 valence electrons. The number of carbonyl (C=O) groups is 2. The molecule has 0 radical (unpaired) electrons. The number of hydrogen-bond acceptors (Lipinski definition) is 5. The first-order valence-electron chi connectivity index (χ1n) is 10.8. The van der Waals surface area contributed by atoms with Gasteiger partial charge in [0.05, 0.1) is 11.3 Å². The smallest absolute Gasteiger partial charge is 0.305 e. The molecule has 0 aromatic heterocycles. The van der Waals surface area contributed by atoms with E-state index in [-0.39, 0.29) is 35.6 Å². The van der Waals surface area contributed by atoms with Gasteiger partial charge in [0.25, 0.3) is 0 Å². The zero-order chi connectivity index (χ0) is 23.8. The van der Waals surface area contributed by atoms with E-state index in [1.54, 1.807) is 18.2 Å². The molecule has 0 heterocycles. The Hall–Kier alpha value is -3.14. The number of amides is 1. The van der Waals surface area contributed by atoms with Crippen molar-refractivity contribution in [2.75, 3.05) is 13.1 Å². The summed E-state index contributed by atoms with van der Waals surface area (Å²) in [5.41, 5.74) is 8.44. The van der Waals surface area contributed by atoms with Crippen molar-refractivity contribution in [1.82, 2.24) is 10.0 Å². The minimum absolute atomic E-state index is 0.113. The van der Waals surface area contributed by atoms with Crippen LogP contribution in [-0.2, 0) is 19.6 Å². The van der Waals surface area contributed by atoms with Gasteiger partial charge in [-0.25, -0.2) is 13.1 Å². The highest BCUT2D eigenvalue weighted by Crippen LogP contribution is 2.29. The minimum atomic E-state index is -3.64. The van der Waals surface area contributed by atoms with Crippen molar-refractivity contribution in [3.8, 4) is 0 Å². The fourth-order valence-corrected chi connectivity index (χ4v) is 5.25. The summed E-state index contributed by atoms with van der Waals surface area (Å²) in [5, 5.41) is 16.8. The molecule has 0 saturated heterocycles. The Morgan fingerprint density at radius 1 is 1.12 bits per heavy atom. The predicted octanol–water partition coefficient (Wildman–Crippen LogP) is 3.19. The quantitative estimate of drug-likeness (QED) is 0.274. The van der Waals surface area contributed by atoms with Gasteiger partial charge in [-0.05, 0) is 60.0 Å². The van der Waals surface area contributed by atoms with Gasteiger partial charge in [0.15, 0.2) is 0 Å². The highest BCUT2D eigenvalue weighted by molar-refractivity contribution is 7.89. The minimum Gasteiger partial charge on any atom is -0.481 e. The van der Waals surface area contributed by atoms with Crippen molar-refractivity contribution < 1.29 is 23.1 Å². The first kappa shape index (κ1) is 24.5. The van der Waals surface area contributed by atoms with Crippen LogP contribution in [0.15, 0.2) is 52.5 Å². The van der Waals surface area contributed by atoms with Crippen LogP contribution in [0.25, 0.3) is 21.2 Å². The summed E-state index contributed by atoms with van der Waals surface area (Å²) >= 11 is 0. The maximum Gasteiger partial charge on any atom is 0.305 e. The fraction of sp³-hybridized carbons (Fsp3) is 0.455. The van der Waals surface area contributed by atoms with Crippen LogP contribution in [0.2, 0.25) is 0 Å². The lowest BCUT2D eigenvalue weighted by Gasteiger charge is -2.29. The lowest BCUT2D eigenvalue weighted by molar-refractivity contribution is -0.137. The third-order valence-electron chi connectivity index (χ3n) is 5.94. The second-order valence-electron chi connectivity index (χ2n) is 8.30. The third-order valence-corrected chi connectivity index (χ3v) is 7.36. The van der Waals surface area contributed by atoms with E-state index >= 15 is 0 Å². The van der Waals surface area contributed by atoms with E-state index < -0.39 is 22.0 Å². The lowest BCUT2D eigenvalue weighted by Crippen LogP contribution is -2.43. The Labute approximate surface area is 192 Å². The molecule has 1 aliphatic carbocycles. The zero-order valence-electron chi connectivity index (χ0n) is 18.1. The standard InChI is InChI=1S/C22H27N5O5S/c23-27-24-14-19(12-21(28)29)26-22(30)17-7-5-15(6-8-17)13-25-33(31,32)20-10-9-16-3-1-2-4-18(16)11-20/h1-4,9-11,15,17,19,25H,5-8,12-14H2,(H,26,30)(H,28,29)/t15?,17?,19-/m0/s1. The number of carboxylic acid groups (broad SMARTS) is 1. The third kappa shape index (κ3) is 6.92. The van der Waals surface area contributed by atoms with Crippen LogP contribution < -0.4 is 10.0 Å². The molecule has 0 aliphatic heterocycles. The van der Waals surface area contributed by atoms with Crippen molar-refractivity contribution >= 4 is 32.7 Å².